The number of halogens is 1. The molecule has 6 rings (SSSR count). The molecule has 11 heteroatoms. The Kier molecular flexibility index (Phi) is 9.77. The molecular weight excluding hydrogens is 625 g/mol. The van der Waals surface area contributed by atoms with Gasteiger partial charge in [0, 0.05) is 80.9 Å². The Balaban J connectivity index is 1.20. The van der Waals surface area contributed by atoms with E-state index in [-0.39, 0.29) is 5.66 Å². The summed E-state index contributed by atoms with van der Waals surface area (Å²) in [7, 11) is 0.480. The highest BCUT2D eigenvalue weighted by Crippen LogP contribution is 2.52. The molecule has 0 radical (unpaired) electrons. The normalized spacial score (nSPS) is 20.8. The van der Waals surface area contributed by atoms with Gasteiger partial charge in [-0.2, -0.15) is 4.98 Å². The molecule has 3 aliphatic heterocycles. The first-order valence-corrected chi connectivity index (χ1v) is 17.8. The van der Waals surface area contributed by atoms with Crippen molar-refractivity contribution in [3.63, 3.8) is 0 Å². The maximum atomic E-state index is 12.7. The minimum absolute atomic E-state index is 0.0833. The fourth-order valence-electron chi connectivity index (χ4n) is 6.69. The summed E-state index contributed by atoms with van der Waals surface area (Å²) in [5.74, 6) is 1.89. The molecule has 3 fully saturated rings. The zero-order chi connectivity index (χ0) is 29.8. The summed E-state index contributed by atoms with van der Waals surface area (Å²) < 4.78 is 19.3. The van der Waals surface area contributed by atoms with Crippen LogP contribution in [0.2, 0.25) is 0 Å². The highest BCUT2D eigenvalue weighted by atomic mass is 79.9. The Morgan fingerprint density at radius 2 is 1.86 bits per heavy atom. The van der Waals surface area contributed by atoms with Crippen molar-refractivity contribution >= 4 is 52.6 Å². The van der Waals surface area contributed by atoms with Crippen molar-refractivity contribution in [2.45, 2.75) is 50.7 Å². The molecule has 4 heterocycles. The van der Waals surface area contributed by atoms with Gasteiger partial charge in [0.2, 0.25) is 5.95 Å². The summed E-state index contributed by atoms with van der Waals surface area (Å²) in [5, 5.41) is 10.4. The van der Waals surface area contributed by atoms with Crippen molar-refractivity contribution in [2.24, 2.45) is 0 Å². The van der Waals surface area contributed by atoms with E-state index in [1.54, 1.807) is 13.3 Å². The average molecular weight is 668 g/mol. The molecule has 3 N–H and O–H groups in total. The van der Waals surface area contributed by atoms with E-state index in [1.165, 1.54) is 24.1 Å². The number of piperazine rings is 1. The predicted molar refractivity (Wildman–Crippen MR) is 179 cm³/mol. The fraction of sp³-hybridized carbons (Fsp3) is 0.500. The van der Waals surface area contributed by atoms with E-state index >= 15 is 0 Å². The van der Waals surface area contributed by atoms with Gasteiger partial charge >= 0.3 is 7.80 Å². The fourth-order valence-corrected chi connectivity index (χ4v) is 8.79. The minimum Gasteiger partial charge on any atom is -0.494 e. The van der Waals surface area contributed by atoms with E-state index in [0.29, 0.717) is 17.8 Å². The van der Waals surface area contributed by atoms with Gasteiger partial charge in [-0.25, -0.2) is 4.98 Å². The van der Waals surface area contributed by atoms with Gasteiger partial charge in [-0.15, -0.1) is 0 Å². The Hall–Kier alpha value is -2.78. The average Bonchev–Trinajstić information content (AvgIpc) is 3.48. The van der Waals surface area contributed by atoms with E-state index in [4.69, 9.17) is 9.72 Å². The summed E-state index contributed by atoms with van der Waals surface area (Å²) in [6.45, 7) is 8.82. The van der Waals surface area contributed by atoms with Gasteiger partial charge in [0.05, 0.1) is 17.3 Å². The van der Waals surface area contributed by atoms with E-state index < -0.39 is 7.80 Å². The van der Waals surface area contributed by atoms with Gasteiger partial charge in [-0.1, -0.05) is 29.7 Å². The molecule has 2 aromatic carbocycles. The molecule has 0 saturated carbocycles. The van der Waals surface area contributed by atoms with Crippen LogP contribution in [0.3, 0.4) is 0 Å². The van der Waals surface area contributed by atoms with Crippen LogP contribution in [0.4, 0.5) is 28.8 Å². The number of hydrogen-bond donors (Lipinski definition) is 3. The number of rotatable bonds is 9. The quantitative estimate of drug-likeness (QED) is 0.212. The minimum atomic E-state index is -1.24. The third-order valence-electron chi connectivity index (χ3n) is 9.02. The van der Waals surface area contributed by atoms with Crippen molar-refractivity contribution in [1.29, 1.82) is 0 Å². The van der Waals surface area contributed by atoms with Gasteiger partial charge in [0.25, 0.3) is 0 Å². The largest absolute Gasteiger partial charge is 0.494 e. The number of nitrogens with one attached hydrogen (secondary N) is 3. The Labute approximate surface area is 264 Å². The van der Waals surface area contributed by atoms with Crippen LogP contribution in [-0.2, 0) is 11.0 Å². The molecule has 2 atom stereocenters. The van der Waals surface area contributed by atoms with Crippen LogP contribution in [0.15, 0.2) is 47.1 Å². The number of methoxy groups -OCH3 is 1. The lowest BCUT2D eigenvalue weighted by molar-refractivity contribution is 0.150. The van der Waals surface area contributed by atoms with Gasteiger partial charge in [-0.05, 0) is 59.3 Å². The smallest absolute Gasteiger partial charge is 0.346 e. The topological polar surface area (TPSA) is 94.6 Å². The lowest BCUT2D eigenvalue weighted by Gasteiger charge is -2.41. The van der Waals surface area contributed by atoms with Crippen LogP contribution in [0, 0.1) is 0 Å². The number of anilines is 5. The van der Waals surface area contributed by atoms with Crippen LogP contribution >= 0.6 is 23.7 Å². The third kappa shape index (κ3) is 6.83. The molecule has 3 aromatic rings. The number of hydrogen-bond acceptors (Lipinski definition) is 9. The van der Waals surface area contributed by atoms with E-state index in [1.807, 2.05) is 18.2 Å². The van der Waals surface area contributed by atoms with Crippen LogP contribution in [0.5, 0.6) is 5.75 Å². The zero-order valence-corrected chi connectivity index (χ0v) is 27.6. The van der Waals surface area contributed by atoms with Gasteiger partial charge < -0.3 is 25.6 Å². The van der Waals surface area contributed by atoms with Crippen LogP contribution in [0.1, 0.15) is 49.4 Å². The first-order chi connectivity index (χ1) is 21.0. The monoisotopic (exact) mass is 666 g/mol. The lowest BCUT2D eigenvalue weighted by atomic mass is 9.99. The SMILES string of the molecule is CCc1cc(Nc2ncc(Br)c(Nc3ccccc3C3CCC[P+]3=O)n2)c(OC)cc1N1CCC(N2CCNCC2)CC1. The van der Waals surface area contributed by atoms with Crippen molar-refractivity contribution in [3.05, 3.63) is 58.2 Å². The maximum absolute atomic E-state index is 12.7. The molecule has 43 heavy (non-hydrogen) atoms. The molecule has 0 amide bonds. The second-order valence-corrected chi connectivity index (χ2v) is 14.3. The van der Waals surface area contributed by atoms with Crippen LogP contribution in [0.25, 0.3) is 0 Å². The number of nitrogens with zero attached hydrogens (tertiary/aromatic N) is 4. The number of piperidine rings is 1. The molecule has 228 valence electrons. The predicted octanol–water partition coefficient (Wildman–Crippen LogP) is 6.83. The van der Waals surface area contributed by atoms with E-state index in [9.17, 15) is 4.57 Å². The third-order valence-corrected chi connectivity index (χ3v) is 11.6. The Morgan fingerprint density at radius 1 is 1.07 bits per heavy atom. The highest BCUT2D eigenvalue weighted by Gasteiger charge is 2.38. The number of aryl methyl sites for hydroxylation is 1. The van der Waals surface area contributed by atoms with E-state index in [2.05, 4.69) is 71.8 Å². The van der Waals surface area contributed by atoms with Crippen molar-refractivity contribution in [2.75, 3.05) is 68.1 Å². The lowest BCUT2D eigenvalue weighted by Crippen LogP contribution is -2.52. The molecule has 0 bridgehead atoms. The summed E-state index contributed by atoms with van der Waals surface area (Å²) in [4.78, 5) is 14.6. The molecule has 3 saturated heterocycles. The number of para-hydroxylation sites is 1. The summed E-state index contributed by atoms with van der Waals surface area (Å²) in [6, 6.07) is 13.1. The first kappa shape index (κ1) is 30.3. The van der Waals surface area contributed by atoms with Crippen molar-refractivity contribution < 1.29 is 9.30 Å². The van der Waals surface area contributed by atoms with Crippen molar-refractivity contribution in [1.82, 2.24) is 20.2 Å². The summed E-state index contributed by atoms with van der Waals surface area (Å²) in [6.07, 6.45) is 7.81. The summed E-state index contributed by atoms with van der Waals surface area (Å²) in [5.41, 5.74) is 5.47. The van der Waals surface area contributed by atoms with Crippen LogP contribution < -0.4 is 25.6 Å². The second kappa shape index (κ2) is 13.9. The number of aromatic nitrogens is 2. The van der Waals surface area contributed by atoms with E-state index in [0.717, 1.165) is 91.9 Å². The summed E-state index contributed by atoms with van der Waals surface area (Å²) >= 11 is 3.62. The molecule has 1 aromatic heterocycles. The maximum Gasteiger partial charge on any atom is 0.346 e. The van der Waals surface area contributed by atoms with Crippen molar-refractivity contribution in [3.8, 4) is 5.75 Å². The Morgan fingerprint density at radius 3 is 2.58 bits per heavy atom. The molecule has 3 aliphatic rings. The van der Waals surface area contributed by atoms with Gasteiger partial charge in [0.15, 0.2) is 5.66 Å². The zero-order valence-electron chi connectivity index (χ0n) is 25.1. The van der Waals surface area contributed by atoms with Gasteiger partial charge in [0.1, 0.15) is 17.7 Å². The molecular formula is C32H42BrN7O2P+. The number of ether oxygens (including phenoxy) is 1. The molecule has 2 unspecified atom stereocenters. The molecule has 0 spiro atoms. The van der Waals surface area contributed by atoms with Crippen LogP contribution in [-0.4, -0.2) is 73.4 Å². The highest BCUT2D eigenvalue weighted by molar-refractivity contribution is 9.10. The standard InChI is InChI=1S/C32H42BrN7O2P/c1-3-22-19-27(29(42-2)20-28(22)40-14-10-23(11-15-40)39-16-12-34-13-17-39)37-32-35-21-25(33)31(38-32)36-26-8-5-4-7-24(26)30-9-6-18-43(30)41/h4-5,7-8,19-21,23,30,34H,3,6,9-18H2,1-2H3,(H2,35,36,37,38)/q+1. The molecule has 0 aliphatic carbocycles. The first-order valence-electron chi connectivity index (χ1n) is 15.5. The number of benzene rings is 2. The van der Waals surface area contributed by atoms with Gasteiger partial charge in [-0.3, -0.25) is 4.90 Å². The molecule has 9 nitrogen and oxygen atoms in total. The Bertz CT molecular complexity index is 1440. The second-order valence-electron chi connectivity index (χ2n) is 11.6.